The van der Waals surface area contributed by atoms with Crippen molar-refractivity contribution in [2.24, 2.45) is 7.05 Å². The number of piperazine rings is 1. The van der Waals surface area contributed by atoms with Gasteiger partial charge in [0.05, 0.1) is 23.4 Å². The van der Waals surface area contributed by atoms with Gasteiger partial charge >= 0.3 is 0 Å². The minimum absolute atomic E-state index is 0. The lowest BCUT2D eigenvalue weighted by Gasteiger charge is -2.32. The third-order valence-corrected chi connectivity index (χ3v) is 8.74. The van der Waals surface area contributed by atoms with E-state index in [2.05, 4.69) is 73.3 Å². The SMILES string of the molecule is Cc1cc(N2CCNCC2)c(-c2cnn(C)c2)cc1Nc1ncc(Cl)c(Nc2ccc3nccnc3c2P(C)C)n1.Cl. The molecule has 3 aromatic heterocycles. The molecule has 1 aliphatic rings. The second-order valence-corrected chi connectivity index (χ2v) is 12.9. The zero-order chi connectivity index (χ0) is 28.5. The van der Waals surface area contributed by atoms with E-state index in [0.29, 0.717) is 16.8 Å². The highest BCUT2D eigenvalue weighted by Gasteiger charge is 2.20. The fourth-order valence-electron chi connectivity index (χ4n) is 5.12. The van der Waals surface area contributed by atoms with Gasteiger partial charge in [0.15, 0.2) is 5.82 Å². The van der Waals surface area contributed by atoms with Crippen molar-refractivity contribution in [3.05, 3.63) is 65.8 Å². The quantitative estimate of drug-likeness (QED) is 0.204. The Balaban J connectivity index is 0.00000353. The highest BCUT2D eigenvalue weighted by atomic mass is 35.5. The Bertz CT molecular complexity index is 1720. The van der Waals surface area contributed by atoms with Crippen LogP contribution in [0.5, 0.6) is 0 Å². The normalized spacial score (nSPS) is 13.3. The second kappa shape index (κ2) is 12.8. The van der Waals surface area contributed by atoms with Gasteiger partial charge in [-0.2, -0.15) is 10.1 Å². The molecule has 4 heterocycles. The van der Waals surface area contributed by atoms with Gasteiger partial charge in [0.2, 0.25) is 5.95 Å². The lowest BCUT2D eigenvalue weighted by atomic mass is 10.0. The van der Waals surface area contributed by atoms with Crippen molar-refractivity contribution < 1.29 is 0 Å². The predicted molar refractivity (Wildman–Crippen MR) is 177 cm³/mol. The molecule has 5 aromatic rings. The van der Waals surface area contributed by atoms with E-state index < -0.39 is 7.92 Å². The molecule has 6 rings (SSSR count). The zero-order valence-electron chi connectivity index (χ0n) is 23.9. The van der Waals surface area contributed by atoms with Gasteiger partial charge in [-0.1, -0.05) is 19.5 Å². The van der Waals surface area contributed by atoms with Crippen molar-refractivity contribution in [2.75, 3.05) is 55.0 Å². The number of nitrogens with zero attached hydrogens (tertiary/aromatic N) is 7. The molecule has 2 aromatic carbocycles. The molecule has 0 saturated carbocycles. The van der Waals surface area contributed by atoms with Gasteiger partial charge in [0.1, 0.15) is 5.02 Å². The molecule has 10 nitrogen and oxygen atoms in total. The number of fused-ring (bicyclic) bond motifs is 1. The molecule has 13 heteroatoms. The summed E-state index contributed by atoms with van der Waals surface area (Å²) in [6.07, 6.45) is 9.01. The van der Waals surface area contributed by atoms with E-state index in [9.17, 15) is 0 Å². The number of hydrogen-bond acceptors (Lipinski definition) is 9. The number of aryl methyl sites for hydroxylation is 2. The van der Waals surface area contributed by atoms with Crippen LogP contribution in [-0.4, -0.2) is 69.2 Å². The smallest absolute Gasteiger partial charge is 0.229 e. The number of benzene rings is 2. The van der Waals surface area contributed by atoms with Crippen LogP contribution in [0.3, 0.4) is 0 Å². The van der Waals surface area contributed by atoms with Gasteiger partial charge in [-0.3, -0.25) is 14.6 Å². The van der Waals surface area contributed by atoms with E-state index in [4.69, 9.17) is 16.6 Å². The van der Waals surface area contributed by atoms with Crippen molar-refractivity contribution in [3.63, 3.8) is 0 Å². The summed E-state index contributed by atoms with van der Waals surface area (Å²) in [7, 11) is 1.45. The summed E-state index contributed by atoms with van der Waals surface area (Å²) in [6, 6.07) is 8.37. The summed E-state index contributed by atoms with van der Waals surface area (Å²) in [6.45, 7) is 10.3. The first kappa shape index (κ1) is 29.9. The van der Waals surface area contributed by atoms with Crippen LogP contribution in [0.4, 0.5) is 28.8 Å². The fraction of sp³-hybridized carbons (Fsp3) is 0.276. The molecule has 1 saturated heterocycles. The molecule has 0 bridgehead atoms. The van der Waals surface area contributed by atoms with Gasteiger partial charge in [-0.05, 0) is 50.1 Å². The summed E-state index contributed by atoms with van der Waals surface area (Å²) in [4.78, 5) is 20.8. The van der Waals surface area contributed by atoms with Crippen LogP contribution < -0.4 is 26.2 Å². The molecule has 0 amide bonds. The number of hydrogen-bond donors (Lipinski definition) is 3. The van der Waals surface area contributed by atoms with Crippen molar-refractivity contribution in [1.82, 2.24) is 35.0 Å². The van der Waals surface area contributed by atoms with Gasteiger partial charge in [0.25, 0.3) is 0 Å². The standard InChI is InChI=1S/C29H32ClN10P.ClH/c1-18-13-25(40-11-9-31-10-12-40)20(19-15-35-39(2)17-19)14-24(18)37-29-34-16-21(30)28(38-29)36-23-6-5-22-26(27(23)41(3)4)33-8-7-32-22;/h5-8,13-17,31H,9-12H2,1-4H3,(H2,34,36,37,38);1H. The molecule has 0 spiro atoms. The van der Waals surface area contributed by atoms with Crippen LogP contribution in [0.2, 0.25) is 5.02 Å². The average molecular weight is 624 g/mol. The van der Waals surface area contributed by atoms with E-state index in [1.165, 1.54) is 5.69 Å². The average Bonchev–Trinajstić information content (AvgIpc) is 3.41. The molecule has 218 valence electrons. The van der Waals surface area contributed by atoms with Crippen LogP contribution in [0.15, 0.2) is 55.2 Å². The van der Waals surface area contributed by atoms with Crippen LogP contribution in [0, 0.1) is 6.92 Å². The minimum Gasteiger partial charge on any atom is -0.368 e. The zero-order valence-corrected chi connectivity index (χ0v) is 26.4. The van der Waals surface area contributed by atoms with E-state index in [0.717, 1.165) is 70.6 Å². The number of halogens is 2. The summed E-state index contributed by atoms with van der Waals surface area (Å²) < 4.78 is 1.83. The Kier molecular flexibility index (Phi) is 9.08. The Morgan fingerprint density at radius 3 is 2.50 bits per heavy atom. The van der Waals surface area contributed by atoms with Crippen LogP contribution in [-0.2, 0) is 7.05 Å². The van der Waals surface area contributed by atoms with Crippen molar-refractivity contribution in [2.45, 2.75) is 6.92 Å². The number of aromatic nitrogens is 6. The topological polar surface area (TPSA) is 109 Å². The van der Waals surface area contributed by atoms with Gasteiger partial charge in [0, 0.05) is 85.3 Å². The van der Waals surface area contributed by atoms with Gasteiger partial charge in [-0.15, -0.1) is 12.4 Å². The molecule has 0 unspecified atom stereocenters. The summed E-state index contributed by atoms with van der Waals surface area (Å²) >= 11 is 6.59. The third-order valence-electron chi connectivity index (χ3n) is 7.12. The lowest BCUT2D eigenvalue weighted by Crippen LogP contribution is -2.43. The molecular weight excluding hydrogens is 590 g/mol. The minimum atomic E-state index is -0.489. The summed E-state index contributed by atoms with van der Waals surface area (Å²) in [5, 5.41) is 16.3. The van der Waals surface area contributed by atoms with Crippen molar-refractivity contribution in [3.8, 4) is 11.1 Å². The third kappa shape index (κ3) is 6.13. The molecule has 0 aliphatic carbocycles. The van der Waals surface area contributed by atoms with Crippen molar-refractivity contribution >= 4 is 77.1 Å². The van der Waals surface area contributed by atoms with E-state index in [1.54, 1.807) is 18.6 Å². The molecule has 3 N–H and O–H groups in total. The Hall–Kier alpha value is -3.56. The molecule has 42 heavy (non-hydrogen) atoms. The van der Waals surface area contributed by atoms with Crippen LogP contribution in [0.25, 0.3) is 22.2 Å². The number of anilines is 5. The van der Waals surface area contributed by atoms with E-state index in [1.807, 2.05) is 36.3 Å². The highest BCUT2D eigenvalue weighted by molar-refractivity contribution is 7.65. The maximum atomic E-state index is 6.59. The first-order valence-electron chi connectivity index (χ1n) is 13.4. The molecular formula is C29H33Cl2N10P. The van der Waals surface area contributed by atoms with E-state index in [-0.39, 0.29) is 12.4 Å². The Morgan fingerprint density at radius 1 is 0.976 bits per heavy atom. The molecule has 1 aliphatic heterocycles. The molecule has 1 fully saturated rings. The van der Waals surface area contributed by atoms with Gasteiger partial charge < -0.3 is 20.9 Å². The lowest BCUT2D eigenvalue weighted by molar-refractivity contribution is 0.589. The van der Waals surface area contributed by atoms with Crippen molar-refractivity contribution in [1.29, 1.82) is 0 Å². The second-order valence-electron chi connectivity index (χ2n) is 10.2. The first-order valence-corrected chi connectivity index (χ1v) is 16.1. The molecule has 0 radical (unpaired) electrons. The summed E-state index contributed by atoms with van der Waals surface area (Å²) in [5.41, 5.74) is 8.05. The Morgan fingerprint density at radius 2 is 1.76 bits per heavy atom. The van der Waals surface area contributed by atoms with Crippen LogP contribution in [0.1, 0.15) is 5.56 Å². The van der Waals surface area contributed by atoms with Crippen LogP contribution >= 0.6 is 31.9 Å². The number of nitrogens with one attached hydrogen (secondary N) is 3. The Labute approximate surface area is 257 Å². The highest BCUT2D eigenvalue weighted by Crippen LogP contribution is 2.37. The summed E-state index contributed by atoms with van der Waals surface area (Å²) in [5.74, 6) is 0.970. The van der Waals surface area contributed by atoms with E-state index >= 15 is 0 Å². The monoisotopic (exact) mass is 622 g/mol. The van der Waals surface area contributed by atoms with Gasteiger partial charge in [-0.25, -0.2) is 4.98 Å². The first-order chi connectivity index (χ1) is 19.9. The predicted octanol–water partition coefficient (Wildman–Crippen LogP) is 5.47. The maximum Gasteiger partial charge on any atom is 0.229 e. The maximum absolute atomic E-state index is 6.59. The molecule has 0 atom stereocenters. The number of rotatable bonds is 7. The largest absolute Gasteiger partial charge is 0.368 e. The fourth-order valence-corrected chi connectivity index (χ4v) is 6.47.